The molecule has 31 heavy (non-hydrogen) atoms. The van der Waals surface area contributed by atoms with Gasteiger partial charge in [0.1, 0.15) is 11.6 Å². The number of fused-ring (bicyclic) bond motifs is 2. The van der Waals surface area contributed by atoms with Crippen molar-refractivity contribution in [3.63, 3.8) is 0 Å². The van der Waals surface area contributed by atoms with Gasteiger partial charge < -0.3 is 24.5 Å². The summed E-state index contributed by atoms with van der Waals surface area (Å²) < 4.78 is 6.67. The Morgan fingerprint density at radius 2 is 1.77 bits per heavy atom. The Morgan fingerprint density at radius 3 is 2.45 bits per heavy atom. The summed E-state index contributed by atoms with van der Waals surface area (Å²) in [5, 5.41) is 9.22. The van der Waals surface area contributed by atoms with E-state index < -0.39 is 29.1 Å². The number of hydrogen-bond acceptors (Lipinski definition) is 5. The van der Waals surface area contributed by atoms with Gasteiger partial charge in [-0.3, -0.25) is 14.4 Å². The van der Waals surface area contributed by atoms with Crippen molar-refractivity contribution in [1.82, 2.24) is 14.7 Å². The Balaban J connectivity index is 1.84. The highest BCUT2D eigenvalue weighted by Gasteiger charge is 2.74. The molecule has 0 radical (unpaired) electrons. The van der Waals surface area contributed by atoms with E-state index in [0.29, 0.717) is 32.5 Å². The zero-order valence-electron chi connectivity index (χ0n) is 18.8. The molecule has 8 heteroatoms. The number of nitrogens with zero attached hydrogens (tertiary/aromatic N) is 3. The average Bonchev–Trinajstić information content (AvgIpc) is 2.97. The number of rotatable bonds is 5. The van der Waals surface area contributed by atoms with Gasteiger partial charge in [0.15, 0.2) is 0 Å². The SMILES string of the molecule is CC(C)N1CC=C[C@]23O[C@@]4(C)C=CCN(C)C(=O)[C@H]4[C@H]2C(=O)N(CCCCO)C3C1=O. The monoisotopic (exact) mass is 431 g/mol. The third-order valence-corrected chi connectivity index (χ3v) is 7.22. The van der Waals surface area contributed by atoms with Crippen molar-refractivity contribution in [1.29, 1.82) is 0 Å². The van der Waals surface area contributed by atoms with Gasteiger partial charge in [-0.1, -0.05) is 24.3 Å². The largest absolute Gasteiger partial charge is 0.396 e. The van der Waals surface area contributed by atoms with Crippen LogP contribution in [-0.2, 0) is 19.1 Å². The number of unbranched alkanes of at least 4 members (excludes halogenated alkanes) is 1. The van der Waals surface area contributed by atoms with Gasteiger partial charge in [-0.15, -0.1) is 0 Å². The summed E-state index contributed by atoms with van der Waals surface area (Å²) in [6, 6.07) is -0.851. The maximum absolute atomic E-state index is 13.8. The third-order valence-electron chi connectivity index (χ3n) is 7.22. The van der Waals surface area contributed by atoms with Gasteiger partial charge in [0.25, 0.3) is 0 Å². The highest BCUT2D eigenvalue weighted by atomic mass is 16.5. The molecule has 0 bridgehead atoms. The summed E-state index contributed by atoms with van der Waals surface area (Å²) >= 11 is 0. The molecule has 4 heterocycles. The van der Waals surface area contributed by atoms with Crippen molar-refractivity contribution in [2.45, 2.75) is 56.9 Å². The minimum atomic E-state index is -1.19. The number of aliphatic hydroxyl groups excluding tert-OH is 1. The lowest BCUT2D eigenvalue weighted by atomic mass is 9.74. The Labute approximate surface area is 183 Å². The maximum atomic E-state index is 13.8. The van der Waals surface area contributed by atoms with Crippen LogP contribution in [0.15, 0.2) is 24.3 Å². The summed E-state index contributed by atoms with van der Waals surface area (Å²) in [5.41, 5.74) is -2.15. The van der Waals surface area contributed by atoms with E-state index in [-0.39, 0.29) is 30.4 Å². The van der Waals surface area contributed by atoms with Gasteiger partial charge in [-0.2, -0.15) is 0 Å². The van der Waals surface area contributed by atoms with Crippen molar-refractivity contribution < 1.29 is 24.2 Å². The molecule has 1 N–H and O–H groups in total. The Hall–Kier alpha value is -2.19. The second kappa shape index (κ2) is 7.74. The van der Waals surface area contributed by atoms with Crippen LogP contribution < -0.4 is 0 Å². The van der Waals surface area contributed by atoms with Gasteiger partial charge in [0, 0.05) is 39.3 Å². The second-order valence-electron chi connectivity index (χ2n) is 9.57. The van der Waals surface area contributed by atoms with Gasteiger partial charge >= 0.3 is 0 Å². The predicted octanol–water partition coefficient (Wildman–Crippen LogP) is 0.565. The third kappa shape index (κ3) is 3.14. The van der Waals surface area contributed by atoms with E-state index in [4.69, 9.17) is 4.74 Å². The zero-order chi connectivity index (χ0) is 22.6. The van der Waals surface area contributed by atoms with Crippen LogP contribution in [0, 0.1) is 11.8 Å². The van der Waals surface area contributed by atoms with E-state index in [1.807, 2.05) is 45.1 Å². The van der Waals surface area contributed by atoms with E-state index in [0.717, 1.165) is 0 Å². The molecule has 1 unspecified atom stereocenters. The number of carbonyl (C=O) groups excluding carboxylic acids is 3. The van der Waals surface area contributed by atoms with Gasteiger partial charge in [0.05, 0.1) is 17.4 Å². The van der Waals surface area contributed by atoms with Crippen molar-refractivity contribution in [2.24, 2.45) is 11.8 Å². The standard InChI is InChI=1S/C23H33N3O5/c1-15(2)25-13-8-10-23-17(16-19(28)24(4)11-7-9-22(16,3)31-23)20(29)26(12-5-6-14-27)18(23)21(25)30/h7-10,15-18,27H,5-6,11-14H2,1-4H3/t16-,17+,18?,22+,23+/m1/s1. The number of aliphatic hydroxyl groups is 1. The molecule has 8 nitrogen and oxygen atoms in total. The first-order valence-corrected chi connectivity index (χ1v) is 11.2. The Kier molecular flexibility index (Phi) is 5.50. The number of amides is 3. The molecular weight excluding hydrogens is 398 g/mol. The molecule has 2 saturated heterocycles. The number of likely N-dealkylation sites (tertiary alicyclic amines) is 1. The second-order valence-corrected chi connectivity index (χ2v) is 9.57. The molecule has 3 amide bonds. The van der Waals surface area contributed by atoms with Crippen LogP contribution in [0.2, 0.25) is 0 Å². The first kappa shape index (κ1) is 22.0. The van der Waals surface area contributed by atoms with Crippen LogP contribution in [0.25, 0.3) is 0 Å². The van der Waals surface area contributed by atoms with Gasteiger partial charge in [0.2, 0.25) is 17.7 Å². The molecule has 2 fully saturated rings. The summed E-state index contributed by atoms with van der Waals surface area (Å²) in [6.45, 7) is 7.03. The molecular formula is C23H33N3O5. The molecule has 0 aromatic carbocycles. The number of hydrogen-bond donors (Lipinski definition) is 1. The number of likely N-dealkylation sites (N-methyl/N-ethyl adjacent to an activating group) is 1. The van der Waals surface area contributed by atoms with Gasteiger partial charge in [-0.05, 0) is 33.6 Å². The van der Waals surface area contributed by atoms with Crippen LogP contribution in [0.3, 0.4) is 0 Å². The van der Waals surface area contributed by atoms with E-state index in [9.17, 15) is 19.5 Å². The fraction of sp³-hybridized carbons (Fsp3) is 0.696. The summed E-state index contributed by atoms with van der Waals surface area (Å²) in [4.78, 5) is 46.0. The predicted molar refractivity (Wildman–Crippen MR) is 114 cm³/mol. The fourth-order valence-corrected chi connectivity index (χ4v) is 5.76. The normalized spacial score (nSPS) is 37.3. The zero-order valence-corrected chi connectivity index (χ0v) is 18.8. The number of ether oxygens (including phenoxy) is 1. The van der Waals surface area contributed by atoms with Crippen molar-refractivity contribution >= 4 is 17.7 Å². The van der Waals surface area contributed by atoms with E-state index in [2.05, 4.69) is 0 Å². The van der Waals surface area contributed by atoms with Crippen LogP contribution >= 0.6 is 0 Å². The highest BCUT2D eigenvalue weighted by molar-refractivity contribution is 6.00. The topological polar surface area (TPSA) is 90.4 Å². The summed E-state index contributed by atoms with van der Waals surface area (Å²) in [7, 11) is 1.73. The highest BCUT2D eigenvalue weighted by Crippen LogP contribution is 2.57. The minimum Gasteiger partial charge on any atom is -0.396 e. The number of carbonyl (C=O) groups is 3. The van der Waals surface area contributed by atoms with E-state index in [1.165, 1.54) is 0 Å². The molecule has 4 rings (SSSR count). The molecule has 4 aliphatic rings. The molecule has 170 valence electrons. The van der Waals surface area contributed by atoms with Crippen molar-refractivity contribution in [3.05, 3.63) is 24.3 Å². The first-order chi connectivity index (χ1) is 14.7. The summed E-state index contributed by atoms with van der Waals surface area (Å²) in [6.07, 6.45) is 8.68. The van der Waals surface area contributed by atoms with Crippen LogP contribution in [0.5, 0.6) is 0 Å². The average molecular weight is 432 g/mol. The smallest absolute Gasteiger partial charge is 0.249 e. The van der Waals surface area contributed by atoms with Crippen LogP contribution in [0.1, 0.15) is 33.6 Å². The molecule has 1 spiro atoms. The van der Waals surface area contributed by atoms with E-state index >= 15 is 0 Å². The maximum Gasteiger partial charge on any atom is 0.249 e. The fourth-order valence-electron chi connectivity index (χ4n) is 5.76. The van der Waals surface area contributed by atoms with Crippen molar-refractivity contribution in [3.8, 4) is 0 Å². The molecule has 4 aliphatic heterocycles. The van der Waals surface area contributed by atoms with Crippen LogP contribution in [0.4, 0.5) is 0 Å². The lowest BCUT2D eigenvalue weighted by molar-refractivity contribution is -0.153. The lowest BCUT2D eigenvalue weighted by Crippen LogP contribution is -2.57. The first-order valence-electron chi connectivity index (χ1n) is 11.2. The molecule has 0 aromatic heterocycles. The minimum absolute atomic E-state index is 0.0263. The van der Waals surface area contributed by atoms with Gasteiger partial charge in [-0.25, -0.2) is 0 Å². The van der Waals surface area contributed by atoms with Crippen LogP contribution in [-0.4, -0.2) is 94.1 Å². The quantitative estimate of drug-likeness (QED) is 0.508. The molecule has 0 saturated carbocycles. The molecule has 5 atom stereocenters. The lowest BCUT2D eigenvalue weighted by Gasteiger charge is -2.38. The molecule has 0 aromatic rings. The molecule has 0 aliphatic carbocycles. The van der Waals surface area contributed by atoms with Crippen molar-refractivity contribution in [2.75, 3.05) is 33.3 Å². The van der Waals surface area contributed by atoms with E-state index in [1.54, 1.807) is 21.7 Å². The Bertz CT molecular complexity index is 839. The summed E-state index contributed by atoms with van der Waals surface area (Å²) in [5.74, 6) is -1.95. The Morgan fingerprint density at radius 1 is 1.06 bits per heavy atom.